The van der Waals surface area contributed by atoms with Crippen LogP contribution in [0.5, 0.6) is 0 Å². The zero-order valence-electron chi connectivity index (χ0n) is 6.34. The first kappa shape index (κ1) is 7.02. The summed E-state index contributed by atoms with van der Waals surface area (Å²) in [5.74, 6) is 2.44. The minimum atomic E-state index is 1.17. The molecule has 0 unspecified atom stereocenters. The molecule has 0 aromatic rings. The predicted octanol–water partition coefficient (Wildman–Crippen LogP) is 2.70. The lowest BCUT2D eigenvalue weighted by Crippen LogP contribution is -1.99. The van der Waals surface area contributed by atoms with Gasteiger partial charge in [0.05, 0.1) is 0 Å². The fraction of sp³-hybridized carbons (Fsp3) is 0.300. The van der Waals surface area contributed by atoms with Gasteiger partial charge >= 0.3 is 0 Å². The average molecular weight is 162 g/mol. The van der Waals surface area contributed by atoms with E-state index in [9.17, 15) is 0 Å². The molecule has 0 bridgehead atoms. The Morgan fingerprint density at radius 1 is 1.36 bits per heavy atom. The summed E-state index contributed by atoms with van der Waals surface area (Å²) in [4.78, 5) is 0. The molecule has 0 amide bonds. The van der Waals surface area contributed by atoms with Crippen molar-refractivity contribution >= 4 is 11.8 Å². The first-order valence-electron chi connectivity index (χ1n) is 3.86. The largest absolute Gasteiger partial charge is 0.157 e. The summed E-state index contributed by atoms with van der Waals surface area (Å²) in [5, 5.41) is 0. The van der Waals surface area contributed by atoms with E-state index < -0.39 is 0 Å². The number of thioether (sulfide) groups is 1. The molecule has 0 atom stereocenters. The van der Waals surface area contributed by atoms with Crippen LogP contribution in [0.15, 0.2) is 41.2 Å². The van der Waals surface area contributed by atoms with Gasteiger partial charge in [-0.1, -0.05) is 12.2 Å². The van der Waals surface area contributed by atoms with Crippen molar-refractivity contribution in [1.29, 1.82) is 0 Å². The van der Waals surface area contributed by atoms with E-state index in [0.29, 0.717) is 0 Å². The molecule has 0 aromatic heterocycles. The van der Waals surface area contributed by atoms with Gasteiger partial charge in [0.2, 0.25) is 0 Å². The van der Waals surface area contributed by atoms with Crippen LogP contribution >= 0.6 is 11.8 Å². The number of hydrogen-bond acceptors (Lipinski definition) is 1. The summed E-state index contributed by atoms with van der Waals surface area (Å²) < 4.78 is 0. The molecule has 0 saturated heterocycles. The van der Waals surface area contributed by atoms with Crippen LogP contribution in [0.2, 0.25) is 0 Å². The van der Waals surface area contributed by atoms with Crippen LogP contribution in [0.3, 0.4) is 0 Å². The Labute approximate surface area is 71.4 Å². The molecule has 56 valence electrons. The summed E-state index contributed by atoms with van der Waals surface area (Å²) in [6, 6.07) is 0. The van der Waals surface area contributed by atoms with Crippen LogP contribution in [0.4, 0.5) is 0 Å². The highest BCUT2D eigenvalue weighted by atomic mass is 32.2. The van der Waals surface area contributed by atoms with Gasteiger partial charge in [0.25, 0.3) is 0 Å². The first-order chi connectivity index (χ1) is 5.47. The maximum Gasteiger partial charge on any atom is 0.0193 e. The van der Waals surface area contributed by atoms with Crippen LogP contribution in [0, 0.1) is 0 Å². The van der Waals surface area contributed by atoms with Gasteiger partial charge in [-0.15, -0.1) is 5.73 Å². The van der Waals surface area contributed by atoms with E-state index in [0.717, 1.165) is 0 Å². The minimum absolute atomic E-state index is 1.17. The summed E-state index contributed by atoms with van der Waals surface area (Å²) >= 11 is 2.01. The van der Waals surface area contributed by atoms with Crippen molar-refractivity contribution in [1.82, 2.24) is 0 Å². The second kappa shape index (κ2) is 3.17. The van der Waals surface area contributed by atoms with Gasteiger partial charge in [-0.2, -0.15) is 11.8 Å². The van der Waals surface area contributed by atoms with Crippen molar-refractivity contribution in [3.05, 3.63) is 41.2 Å². The molecule has 0 spiro atoms. The lowest BCUT2D eigenvalue weighted by Gasteiger charge is -2.13. The van der Waals surface area contributed by atoms with Gasteiger partial charge in [-0.3, -0.25) is 0 Å². The average Bonchev–Trinajstić information content (AvgIpc) is 2.28. The lowest BCUT2D eigenvalue weighted by atomic mass is 10.1. The molecule has 0 radical (unpaired) electrons. The Balaban J connectivity index is 2.38. The third-order valence-electron chi connectivity index (χ3n) is 1.93. The van der Waals surface area contributed by atoms with Crippen LogP contribution in [-0.2, 0) is 0 Å². The molecule has 1 heterocycles. The Hall–Kier alpha value is -0.650. The van der Waals surface area contributed by atoms with Gasteiger partial charge in [0.1, 0.15) is 0 Å². The molecule has 1 aliphatic carbocycles. The van der Waals surface area contributed by atoms with E-state index in [1.165, 1.54) is 29.1 Å². The van der Waals surface area contributed by atoms with E-state index in [1.807, 2.05) is 17.8 Å². The normalized spacial score (nSPS) is 21.8. The predicted molar refractivity (Wildman–Crippen MR) is 50.8 cm³/mol. The molecule has 0 saturated carbocycles. The summed E-state index contributed by atoms with van der Waals surface area (Å²) in [6.45, 7) is 0. The van der Waals surface area contributed by atoms with Crippen LogP contribution in [-0.4, -0.2) is 11.5 Å². The summed E-state index contributed by atoms with van der Waals surface area (Å²) in [6.07, 6.45) is 9.60. The third kappa shape index (κ3) is 1.50. The van der Waals surface area contributed by atoms with E-state index in [2.05, 4.69) is 24.0 Å². The second-order valence-corrected chi connectivity index (χ2v) is 3.80. The van der Waals surface area contributed by atoms with Crippen molar-refractivity contribution in [2.24, 2.45) is 0 Å². The number of hydrogen-bond donors (Lipinski definition) is 0. The number of rotatable bonds is 0. The molecule has 2 rings (SSSR count). The molecule has 0 fully saturated rings. The molecule has 0 aromatic carbocycles. The third-order valence-corrected chi connectivity index (χ3v) is 2.94. The van der Waals surface area contributed by atoms with Crippen molar-refractivity contribution in [2.75, 3.05) is 11.5 Å². The van der Waals surface area contributed by atoms with Gasteiger partial charge in [0, 0.05) is 5.75 Å². The molecule has 1 heteroatoms. The highest BCUT2D eigenvalue weighted by Gasteiger charge is 2.08. The standard InChI is InChI=1S/C10H10S/c1-2-4-9-6-7-11-8-10(9)5-3-1/h1-2,4-5H,6-8H2. The first-order valence-corrected chi connectivity index (χ1v) is 5.01. The monoisotopic (exact) mass is 162 g/mol. The molecule has 1 aliphatic heterocycles. The molecular formula is C10H10S. The van der Waals surface area contributed by atoms with Crippen LogP contribution in [0.25, 0.3) is 0 Å². The van der Waals surface area contributed by atoms with Gasteiger partial charge in [-0.05, 0) is 35.5 Å². The highest BCUT2D eigenvalue weighted by molar-refractivity contribution is 7.99. The topological polar surface area (TPSA) is 0 Å². The Kier molecular flexibility index (Phi) is 2.02. The molecule has 0 N–H and O–H groups in total. The Morgan fingerprint density at radius 3 is 3.36 bits per heavy atom. The minimum Gasteiger partial charge on any atom is -0.157 e. The van der Waals surface area contributed by atoms with Gasteiger partial charge in [-0.25, -0.2) is 0 Å². The Morgan fingerprint density at radius 2 is 2.36 bits per heavy atom. The number of allylic oxidation sites excluding steroid dienone is 4. The summed E-state index contributed by atoms with van der Waals surface area (Å²) in [5.41, 5.74) is 6.11. The van der Waals surface area contributed by atoms with Gasteiger partial charge in [0.15, 0.2) is 0 Å². The van der Waals surface area contributed by atoms with E-state index in [4.69, 9.17) is 0 Å². The van der Waals surface area contributed by atoms with E-state index >= 15 is 0 Å². The highest BCUT2D eigenvalue weighted by Crippen LogP contribution is 2.25. The van der Waals surface area contributed by atoms with E-state index in [-0.39, 0.29) is 0 Å². The fourth-order valence-electron chi connectivity index (χ4n) is 1.31. The van der Waals surface area contributed by atoms with Crippen LogP contribution < -0.4 is 0 Å². The smallest absolute Gasteiger partial charge is 0.0193 e. The maximum atomic E-state index is 3.14. The maximum absolute atomic E-state index is 3.14. The summed E-state index contributed by atoms with van der Waals surface area (Å²) in [7, 11) is 0. The molecular weight excluding hydrogens is 152 g/mol. The van der Waals surface area contributed by atoms with Gasteiger partial charge < -0.3 is 0 Å². The van der Waals surface area contributed by atoms with Crippen molar-refractivity contribution < 1.29 is 0 Å². The van der Waals surface area contributed by atoms with E-state index in [1.54, 1.807) is 0 Å². The van der Waals surface area contributed by atoms with Crippen LogP contribution in [0.1, 0.15) is 6.42 Å². The van der Waals surface area contributed by atoms with Crippen molar-refractivity contribution in [3.63, 3.8) is 0 Å². The quantitative estimate of drug-likeness (QED) is 0.493. The lowest BCUT2D eigenvalue weighted by molar-refractivity contribution is 1.12. The molecule has 0 nitrogen and oxygen atoms in total. The zero-order valence-corrected chi connectivity index (χ0v) is 7.16. The Bertz CT molecular complexity index is 275. The molecule has 11 heavy (non-hydrogen) atoms. The zero-order chi connectivity index (χ0) is 7.52. The van der Waals surface area contributed by atoms with Crippen molar-refractivity contribution in [3.8, 4) is 0 Å². The fourth-order valence-corrected chi connectivity index (χ4v) is 2.31. The molecule has 2 aliphatic rings. The SMILES string of the molecule is C1=CC=CC2=C(C=1)CSCC2. The van der Waals surface area contributed by atoms with Crippen molar-refractivity contribution in [2.45, 2.75) is 6.42 Å². The second-order valence-electron chi connectivity index (χ2n) is 2.69.